The zero-order valence-electron chi connectivity index (χ0n) is 9.33. The molecule has 0 atom stereocenters. The van der Waals surface area contributed by atoms with Crippen molar-refractivity contribution in [3.8, 4) is 0 Å². The molecule has 0 saturated carbocycles. The Morgan fingerprint density at radius 3 is 2.78 bits per heavy atom. The lowest BCUT2D eigenvalue weighted by Gasteiger charge is -1.92. The predicted molar refractivity (Wildman–Crippen MR) is 80.0 cm³/mol. The smallest absolute Gasteiger partial charge is 0.108 e. The Morgan fingerprint density at radius 1 is 1.28 bits per heavy atom. The second-order valence-electron chi connectivity index (χ2n) is 3.58. The number of rotatable bonds is 2. The maximum Gasteiger partial charge on any atom is 0.108 e. The van der Waals surface area contributed by atoms with E-state index in [1.54, 1.807) is 23.8 Å². The van der Waals surface area contributed by atoms with E-state index in [2.05, 4.69) is 11.1 Å². The molecule has 6 heteroatoms. The first kappa shape index (κ1) is 14.8. The van der Waals surface area contributed by atoms with Crippen LogP contribution in [0.1, 0.15) is 10.6 Å². The first-order chi connectivity index (χ1) is 7.83. The van der Waals surface area contributed by atoms with Gasteiger partial charge < -0.3 is 10.2 Å². The number of nitrogens with zero attached hydrogens (tertiary/aromatic N) is 1. The third-order valence-corrected chi connectivity index (χ3v) is 3.60. The molecule has 3 aromatic rings. The second kappa shape index (κ2) is 6.09. The van der Waals surface area contributed by atoms with E-state index in [-0.39, 0.29) is 24.8 Å². The summed E-state index contributed by atoms with van der Waals surface area (Å²) in [6, 6.07) is 7.77. The number of pyridine rings is 1. The standard InChI is InChI=1S/C12H10N2OS.2ClH/c13-10-3-4-14-11-7-9(16-12(10)11)6-8-2-1-5-15-8;;/h1-5,7H,6H2,(H2,13,14);2*1H. The highest BCUT2D eigenvalue weighted by Gasteiger charge is 2.07. The van der Waals surface area contributed by atoms with Crippen molar-refractivity contribution < 1.29 is 4.42 Å². The molecular weight excluding hydrogens is 291 g/mol. The average molecular weight is 303 g/mol. The molecule has 0 saturated heterocycles. The Bertz CT molecular complexity index is 622. The molecule has 3 rings (SSSR count). The van der Waals surface area contributed by atoms with Crippen LogP contribution < -0.4 is 5.73 Å². The molecule has 18 heavy (non-hydrogen) atoms. The summed E-state index contributed by atoms with van der Waals surface area (Å²) in [4.78, 5) is 5.51. The van der Waals surface area contributed by atoms with Gasteiger partial charge in [0, 0.05) is 17.5 Å². The number of furan rings is 1. The van der Waals surface area contributed by atoms with Gasteiger partial charge in [-0.1, -0.05) is 0 Å². The molecule has 0 fully saturated rings. The number of hydrogen-bond donors (Lipinski definition) is 1. The summed E-state index contributed by atoms with van der Waals surface area (Å²) in [6.45, 7) is 0. The number of nitrogen functional groups attached to an aromatic ring is 1. The molecule has 0 aromatic carbocycles. The van der Waals surface area contributed by atoms with Crippen LogP contribution in [0.5, 0.6) is 0 Å². The van der Waals surface area contributed by atoms with E-state index in [1.165, 1.54) is 4.88 Å². The van der Waals surface area contributed by atoms with E-state index in [9.17, 15) is 0 Å². The van der Waals surface area contributed by atoms with Crippen LogP contribution >= 0.6 is 36.2 Å². The quantitative estimate of drug-likeness (QED) is 0.781. The van der Waals surface area contributed by atoms with Crippen molar-refractivity contribution in [1.29, 1.82) is 0 Å². The molecule has 3 aromatic heterocycles. The number of anilines is 1. The Morgan fingerprint density at radius 2 is 2.11 bits per heavy atom. The van der Waals surface area contributed by atoms with Gasteiger partial charge in [-0.05, 0) is 24.3 Å². The van der Waals surface area contributed by atoms with Crippen LogP contribution in [0.15, 0.2) is 41.1 Å². The summed E-state index contributed by atoms with van der Waals surface area (Å²) in [5, 5.41) is 0. The normalized spacial score (nSPS) is 9.78. The summed E-state index contributed by atoms with van der Waals surface area (Å²) < 4.78 is 6.38. The largest absolute Gasteiger partial charge is 0.469 e. The van der Waals surface area contributed by atoms with Crippen molar-refractivity contribution >= 4 is 52.1 Å². The molecule has 0 amide bonds. The van der Waals surface area contributed by atoms with Gasteiger partial charge in [0.1, 0.15) is 5.76 Å². The monoisotopic (exact) mass is 302 g/mol. The summed E-state index contributed by atoms with van der Waals surface area (Å²) in [7, 11) is 0. The Kier molecular flexibility index (Phi) is 5.02. The highest BCUT2D eigenvalue weighted by molar-refractivity contribution is 7.19. The van der Waals surface area contributed by atoms with Crippen molar-refractivity contribution in [1.82, 2.24) is 4.98 Å². The number of thiophene rings is 1. The number of fused-ring (bicyclic) bond motifs is 1. The summed E-state index contributed by atoms with van der Waals surface area (Å²) in [6.07, 6.45) is 4.23. The minimum Gasteiger partial charge on any atom is -0.469 e. The summed E-state index contributed by atoms with van der Waals surface area (Å²) >= 11 is 1.67. The molecule has 0 spiro atoms. The fourth-order valence-corrected chi connectivity index (χ4v) is 2.73. The van der Waals surface area contributed by atoms with Crippen LogP contribution in [-0.2, 0) is 6.42 Å². The molecule has 3 heterocycles. The molecule has 0 bridgehead atoms. The van der Waals surface area contributed by atoms with Crippen molar-refractivity contribution in [2.75, 3.05) is 5.73 Å². The third kappa shape index (κ3) is 2.77. The van der Waals surface area contributed by atoms with Crippen LogP contribution in [0.3, 0.4) is 0 Å². The van der Waals surface area contributed by atoms with Gasteiger partial charge in [-0.25, -0.2) is 0 Å². The topological polar surface area (TPSA) is 52.0 Å². The number of halogens is 2. The first-order valence-corrected chi connectivity index (χ1v) is 5.80. The minimum absolute atomic E-state index is 0. The lowest BCUT2D eigenvalue weighted by atomic mass is 10.2. The van der Waals surface area contributed by atoms with Gasteiger partial charge in [0.2, 0.25) is 0 Å². The molecule has 0 aliphatic carbocycles. The van der Waals surface area contributed by atoms with Crippen molar-refractivity contribution in [3.05, 3.63) is 47.4 Å². The Labute approximate surface area is 121 Å². The van der Waals surface area contributed by atoms with Crippen LogP contribution in [0.25, 0.3) is 10.2 Å². The molecular formula is C12H12Cl2N2OS. The zero-order chi connectivity index (χ0) is 11.0. The number of nitrogens with two attached hydrogens (primary N) is 1. The highest BCUT2D eigenvalue weighted by atomic mass is 35.5. The highest BCUT2D eigenvalue weighted by Crippen LogP contribution is 2.30. The minimum atomic E-state index is 0. The van der Waals surface area contributed by atoms with Gasteiger partial charge in [-0.15, -0.1) is 36.2 Å². The van der Waals surface area contributed by atoms with E-state index in [4.69, 9.17) is 10.2 Å². The van der Waals surface area contributed by atoms with Crippen LogP contribution in [-0.4, -0.2) is 4.98 Å². The zero-order valence-corrected chi connectivity index (χ0v) is 11.8. The molecule has 0 aliphatic rings. The third-order valence-electron chi connectivity index (χ3n) is 2.42. The van der Waals surface area contributed by atoms with Crippen LogP contribution in [0.4, 0.5) is 5.69 Å². The molecule has 0 aliphatic heterocycles. The van der Waals surface area contributed by atoms with Gasteiger partial charge in [-0.2, -0.15) is 0 Å². The molecule has 2 N–H and O–H groups in total. The number of hydrogen-bond acceptors (Lipinski definition) is 4. The van der Waals surface area contributed by atoms with E-state index in [0.717, 1.165) is 28.1 Å². The SMILES string of the molecule is Cl.Cl.Nc1ccnc2cc(Cc3ccco3)sc12. The van der Waals surface area contributed by atoms with E-state index in [1.807, 2.05) is 18.2 Å². The van der Waals surface area contributed by atoms with E-state index >= 15 is 0 Å². The van der Waals surface area contributed by atoms with Gasteiger partial charge in [0.05, 0.1) is 22.2 Å². The van der Waals surface area contributed by atoms with E-state index in [0.29, 0.717) is 0 Å². The van der Waals surface area contributed by atoms with E-state index < -0.39 is 0 Å². The lowest BCUT2D eigenvalue weighted by molar-refractivity contribution is 0.522. The summed E-state index contributed by atoms with van der Waals surface area (Å²) in [5.74, 6) is 0.963. The maximum atomic E-state index is 5.89. The molecule has 3 nitrogen and oxygen atoms in total. The molecule has 0 unspecified atom stereocenters. The Balaban J connectivity index is 0.000000810. The van der Waals surface area contributed by atoms with Gasteiger partial charge in [0.25, 0.3) is 0 Å². The fourth-order valence-electron chi connectivity index (χ4n) is 1.68. The van der Waals surface area contributed by atoms with Crippen molar-refractivity contribution in [3.63, 3.8) is 0 Å². The van der Waals surface area contributed by atoms with Crippen molar-refractivity contribution in [2.24, 2.45) is 0 Å². The Hall–Kier alpha value is -1.23. The lowest BCUT2D eigenvalue weighted by Crippen LogP contribution is -1.83. The van der Waals surface area contributed by atoms with Crippen LogP contribution in [0, 0.1) is 0 Å². The predicted octanol–water partition coefficient (Wildman–Crippen LogP) is 3.91. The molecule has 96 valence electrons. The first-order valence-electron chi connectivity index (χ1n) is 4.98. The average Bonchev–Trinajstić information content (AvgIpc) is 2.88. The second-order valence-corrected chi connectivity index (χ2v) is 4.72. The van der Waals surface area contributed by atoms with Crippen molar-refractivity contribution in [2.45, 2.75) is 6.42 Å². The molecule has 0 radical (unpaired) electrons. The van der Waals surface area contributed by atoms with Gasteiger partial charge in [-0.3, -0.25) is 4.98 Å². The maximum absolute atomic E-state index is 5.89. The van der Waals surface area contributed by atoms with Crippen LogP contribution in [0.2, 0.25) is 0 Å². The summed E-state index contributed by atoms with van der Waals surface area (Å²) in [5.41, 5.74) is 7.65. The fraction of sp³-hybridized carbons (Fsp3) is 0.0833. The van der Waals surface area contributed by atoms with Gasteiger partial charge in [0.15, 0.2) is 0 Å². The number of aromatic nitrogens is 1. The van der Waals surface area contributed by atoms with Gasteiger partial charge >= 0.3 is 0 Å².